The summed E-state index contributed by atoms with van der Waals surface area (Å²) in [7, 11) is 0. The van der Waals surface area contributed by atoms with Crippen LogP contribution in [0.3, 0.4) is 0 Å². The maximum Gasteiger partial charge on any atom is 0.273 e. The number of piperidine rings is 1. The van der Waals surface area contributed by atoms with E-state index < -0.39 is 0 Å². The Balaban J connectivity index is 2.04. The van der Waals surface area contributed by atoms with Crippen molar-refractivity contribution in [3.8, 4) is 0 Å². The molecule has 0 saturated carbocycles. The first-order valence-corrected chi connectivity index (χ1v) is 6.83. The van der Waals surface area contributed by atoms with Crippen LogP contribution in [0.1, 0.15) is 38.7 Å². The van der Waals surface area contributed by atoms with Gasteiger partial charge >= 0.3 is 0 Å². The minimum Gasteiger partial charge on any atom is -0.258 e. The molecular weight excluding hydrogens is 242 g/mol. The Hall–Kier alpha value is -1.46. The number of para-hydroxylation sites is 1. The standard InChI is InChI=1S/C14H21N3O2/c1-11-6-5-7-12(2)16(11)15-10-13-8-3-4-9-14(13)17(18)19/h3-4,8-9,11-12,15H,5-7,10H2,1-2H3. The molecule has 19 heavy (non-hydrogen) atoms. The third-order valence-electron chi connectivity index (χ3n) is 3.83. The highest BCUT2D eigenvalue weighted by Gasteiger charge is 2.24. The number of hydrazine groups is 1. The summed E-state index contributed by atoms with van der Waals surface area (Å²) >= 11 is 0. The number of hydrogen-bond acceptors (Lipinski definition) is 4. The minimum absolute atomic E-state index is 0.187. The number of nitro benzene ring substituents is 1. The van der Waals surface area contributed by atoms with Crippen molar-refractivity contribution >= 4 is 5.69 Å². The first kappa shape index (κ1) is 14.0. The van der Waals surface area contributed by atoms with Crippen molar-refractivity contribution in [3.63, 3.8) is 0 Å². The molecule has 1 saturated heterocycles. The number of rotatable bonds is 4. The molecule has 0 aliphatic carbocycles. The number of nitro groups is 1. The van der Waals surface area contributed by atoms with Crippen LogP contribution in [0.5, 0.6) is 0 Å². The van der Waals surface area contributed by atoms with Crippen LogP contribution in [-0.4, -0.2) is 22.0 Å². The summed E-state index contributed by atoms with van der Waals surface area (Å²) in [6, 6.07) is 7.86. The van der Waals surface area contributed by atoms with Crippen molar-refractivity contribution in [2.24, 2.45) is 0 Å². The van der Waals surface area contributed by atoms with Gasteiger partial charge in [-0.2, -0.15) is 0 Å². The van der Waals surface area contributed by atoms with Gasteiger partial charge in [-0.1, -0.05) is 24.6 Å². The zero-order chi connectivity index (χ0) is 13.8. The van der Waals surface area contributed by atoms with Crippen molar-refractivity contribution < 1.29 is 4.92 Å². The highest BCUT2D eigenvalue weighted by atomic mass is 16.6. The van der Waals surface area contributed by atoms with E-state index in [4.69, 9.17) is 0 Å². The van der Waals surface area contributed by atoms with Gasteiger partial charge in [0, 0.05) is 30.3 Å². The van der Waals surface area contributed by atoms with Crippen LogP contribution >= 0.6 is 0 Å². The quantitative estimate of drug-likeness (QED) is 0.670. The van der Waals surface area contributed by atoms with Crippen LogP contribution in [0.2, 0.25) is 0 Å². The van der Waals surface area contributed by atoms with Gasteiger partial charge in [0.1, 0.15) is 0 Å². The zero-order valence-corrected chi connectivity index (χ0v) is 11.5. The predicted octanol–water partition coefficient (Wildman–Crippen LogP) is 2.86. The fourth-order valence-electron chi connectivity index (χ4n) is 2.75. The van der Waals surface area contributed by atoms with E-state index >= 15 is 0 Å². The second kappa shape index (κ2) is 6.12. The molecule has 2 rings (SSSR count). The molecule has 0 amide bonds. The lowest BCUT2D eigenvalue weighted by Crippen LogP contribution is -2.51. The molecule has 5 nitrogen and oxygen atoms in total. The van der Waals surface area contributed by atoms with Crippen LogP contribution in [0.25, 0.3) is 0 Å². The number of nitrogens with zero attached hydrogens (tertiary/aromatic N) is 2. The van der Waals surface area contributed by atoms with Crippen LogP contribution in [0.15, 0.2) is 24.3 Å². The first-order chi connectivity index (χ1) is 9.09. The molecule has 1 aliphatic heterocycles. The Morgan fingerprint density at radius 1 is 1.32 bits per heavy atom. The molecule has 0 bridgehead atoms. The van der Waals surface area contributed by atoms with E-state index in [2.05, 4.69) is 24.3 Å². The van der Waals surface area contributed by atoms with Gasteiger partial charge in [-0.15, -0.1) is 0 Å². The largest absolute Gasteiger partial charge is 0.273 e. The van der Waals surface area contributed by atoms with Gasteiger partial charge in [0.05, 0.1) is 4.92 Å². The van der Waals surface area contributed by atoms with E-state index in [1.807, 2.05) is 12.1 Å². The van der Waals surface area contributed by atoms with Crippen molar-refractivity contribution in [3.05, 3.63) is 39.9 Å². The lowest BCUT2D eigenvalue weighted by atomic mass is 10.00. The van der Waals surface area contributed by atoms with Gasteiger partial charge in [0.15, 0.2) is 0 Å². The van der Waals surface area contributed by atoms with E-state index in [9.17, 15) is 10.1 Å². The molecule has 1 fully saturated rings. The van der Waals surface area contributed by atoms with E-state index in [1.165, 1.54) is 19.3 Å². The molecule has 1 aliphatic rings. The molecule has 1 heterocycles. The van der Waals surface area contributed by atoms with Gasteiger partial charge in [0.2, 0.25) is 0 Å². The highest BCUT2D eigenvalue weighted by molar-refractivity contribution is 5.39. The third kappa shape index (κ3) is 3.30. The molecule has 0 radical (unpaired) electrons. The Bertz CT molecular complexity index is 440. The van der Waals surface area contributed by atoms with E-state index in [0.717, 1.165) is 5.56 Å². The van der Waals surface area contributed by atoms with Crippen molar-refractivity contribution in [2.45, 2.75) is 51.7 Å². The summed E-state index contributed by atoms with van der Waals surface area (Å²) in [5.41, 5.74) is 4.28. The molecule has 5 heteroatoms. The SMILES string of the molecule is CC1CCCC(C)N1NCc1ccccc1[N+](=O)[O-]. The number of hydrogen-bond donors (Lipinski definition) is 1. The molecule has 2 atom stereocenters. The van der Waals surface area contributed by atoms with Crippen LogP contribution in [0, 0.1) is 10.1 Å². The van der Waals surface area contributed by atoms with E-state index in [-0.39, 0.29) is 10.6 Å². The fourth-order valence-corrected chi connectivity index (χ4v) is 2.75. The monoisotopic (exact) mass is 263 g/mol. The molecule has 1 aromatic rings. The Labute approximate surface area is 113 Å². The maximum atomic E-state index is 11.0. The molecule has 104 valence electrons. The molecule has 1 aromatic carbocycles. The lowest BCUT2D eigenvalue weighted by molar-refractivity contribution is -0.385. The zero-order valence-electron chi connectivity index (χ0n) is 11.5. The Morgan fingerprint density at radius 2 is 1.95 bits per heavy atom. The van der Waals surface area contributed by atoms with Gasteiger partial charge in [-0.3, -0.25) is 15.5 Å². The predicted molar refractivity (Wildman–Crippen MR) is 74.6 cm³/mol. The van der Waals surface area contributed by atoms with Crippen LogP contribution < -0.4 is 5.43 Å². The molecule has 2 unspecified atom stereocenters. The molecular formula is C14H21N3O2. The Kier molecular flexibility index (Phi) is 4.50. The molecule has 0 aromatic heterocycles. The summed E-state index contributed by atoms with van der Waals surface area (Å²) < 4.78 is 0. The summed E-state index contributed by atoms with van der Waals surface area (Å²) in [5.74, 6) is 0. The summed E-state index contributed by atoms with van der Waals surface area (Å²) in [4.78, 5) is 10.6. The maximum absolute atomic E-state index is 11.0. The van der Waals surface area contributed by atoms with E-state index in [0.29, 0.717) is 18.6 Å². The minimum atomic E-state index is -0.319. The van der Waals surface area contributed by atoms with E-state index in [1.54, 1.807) is 12.1 Å². The first-order valence-electron chi connectivity index (χ1n) is 6.83. The average Bonchev–Trinajstić information content (AvgIpc) is 2.38. The molecule has 1 N–H and O–H groups in total. The van der Waals surface area contributed by atoms with Crippen LogP contribution in [0.4, 0.5) is 5.69 Å². The fraction of sp³-hybridized carbons (Fsp3) is 0.571. The average molecular weight is 263 g/mol. The second-order valence-corrected chi connectivity index (χ2v) is 5.26. The summed E-state index contributed by atoms with van der Waals surface area (Å²) in [6.07, 6.45) is 3.61. The normalized spacial score (nSPS) is 24.3. The van der Waals surface area contributed by atoms with Gasteiger partial charge in [-0.25, -0.2) is 5.01 Å². The summed E-state index contributed by atoms with van der Waals surface area (Å²) in [5, 5.41) is 13.2. The Morgan fingerprint density at radius 3 is 2.58 bits per heavy atom. The third-order valence-corrected chi connectivity index (χ3v) is 3.83. The van der Waals surface area contributed by atoms with Crippen molar-refractivity contribution in [1.29, 1.82) is 0 Å². The van der Waals surface area contributed by atoms with Crippen molar-refractivity contribution in [2.75, 3.05) is 0 Å². The van der Waals surface area contributed by atoms with Gasteiger partial charge in [-0.05, 0) is 26.7 Å². The number of benzene rings is 1. The topological polar surface area (TPSA) is 58.4 Å². The van der Waals surface area contributed by atoms with Crippen molar-refractivity contribution in [1.82, 2.24) is 10.4 Å². The van der Waals surface area contributed by atoms with Gasteiger partial charge in [0.25, 0.3) is 5.69 Å². The second-order valence-electron chi connectivity index (χ2n) is 5.26. The number of nitrogens with one attached hydrogen (secondary N) is 1. The lowest BCUT2D eigenvalue weighted by Gasteiger charge is -2.39. The highest BCUT2D eigenvalue weighted by Crippen LogP contribution is 2.22. The summed E-state index contributed by atoms with van der Waals surface area (Å²) in [6.45, 7) is 4.90. The smallest absolute Gasteiger partial charge is 0.258 e. The van der Waals surface area contributed by atoms with Gasteiger partial charge < -0.3 is 0 Å². The van der Waals surface area contributed by atoms with Crippen LogP contribution in [-0.2, 0) is 6.54 Å². The molecule has 0 spiro atoms.